The van der Waals surface area contributed by atoms with Crippen LogP contribution >= 0.6 is 0 Å². The van der Waals surface area contributed by atoms with E-state index >= 15 is 0 Å². The molecule has 2 N–H and O–H groups in total. The molecule has 0 radical (unpaired) electrons. The molecule has 2 aromatic carbocycles. The number of aromatic nitrogens is 3. The van der Waals surface area contributed by atoms with Crippen molar-refractivity contribution in [2.24, 2.45) is 0 Å². The van der Waals surface area contributed by atoms with Crippen molar-refractivity contribution in [3.63, 3.8) is 0 Å². The number of fused-ring (bicyclic) bond motifs is 2. The molecule has 7 rings (SSSR count). The molecule has 0 saturated carbocycles. The van der Waals surface area contributed by atoms with E-state index in [1.165, 1.54) is 0 Å². The first kappa shape index (κ1) is 32.3. The Bertz CT molecular complexity index is 1590. The van der Waals surface area contributed by atoms with Crippen molar-refractivity contribution in [2.45, 2.75) is 83.7 Å². The van der Waals surface area contributed by atoms with Crippen LogP contribution in [0.2, 0.25) is 0 Å². The molecule has 0 spiro atoms. The van der Waals surface area contributed by atoms with Crippen LogP contribution in [-0.4, -0.2) is 106 Å². The number of morpholine rings is 1. The van der Waals surface area contributed by atoms with E-state index in [1.54, 1.807) is 24.3 Å². The molecule has 4 atom stereocenters. The molecule has 12 nitrogen and oxygen atoms in total. The first-order valence-corrected chi connectivity index (χ1v) is 17.5. The average Bonchev–Trinajstić information content (AvgIpc) is 3.62. The number of hydrogen-bond donors (Lipinski definition) is 2. The number of rotatable bonds is 7. The standard InChI is InChI=1S/C36H47N9O3/c1-23(2)42-17-19-43(20-18-42)33(46)27-9-13-29(14-10-27)38-36(47)37-28-11-7-26(8-12-28)32-39-34(44-21-30-15-16-31(22-44)48-30)41-35(40-32)45-24(3)5-6-25(45)4/h7-14,23-25,30-31H,5-6,15-22H2,1-4H3,(H2,37,38,47). The second-order valence-electron chi connectivity index (χ2n) is 14.0. The number of nitrogens with zero attached hydrogens (tertiary/aromatic N) is 7. The summed E-state index contributed by atoms with van der Waals surface area (Å²) < 4.78 is 6.08. The van der Waals surface area contributed by atoms with E-state index in [0.717, 1.165) is 70.5 Å². The fraction of sp³-hybridized carbons (Fsp3) is 0.528. The Labute approximate surface area is 282 Å². The monoisotopic (exact) mass is 653 g/mol. The molecule has 3 amide bonds. The molecule has 4 fully saturated rings. The molecule has 4 saturated heterocycles. The summed E-state index contributed by atoms with van der Waals surface area (Å²) in [6, 6.07) is 15.5. The maximum atomic E-state index is 13.0. The fourth-order valence-electron chi connectivity index (χ4n) is 7.42. The smallest absolute Gasteiger partial charge is 0.323 e. The molecular weight excluding hydrogens is 606 g/mol. The zero-order chi connectivity index (χ0) is 33.4. The van der Waals surface area contributed by atoms with Crippen LogP contribution in [-0.2, 0) is 4.74 Å². The van der Waals surface area contributed by atoms with Gasteiger partial charge in [0.1, 0.15) is 0 Å². The number of carbonyl (C=O) groups excluding carboxylic acids is 2. The number of amides is 3. The highest BCUT2D eigenvalue weighted by molar-refractivity contribution is 6.00. The summed E-state index contributed by atoms with van der Waals surface area (Å²) in [6.07, 6.45) is 4.83. The van der Waals surface area contributed by atoms with Gasteiger partial charge in [0.2, 0.25) is 11.9 Å². The Morgan fingerprint density at radius 2 is 1.31 bits per heavy atom. The Morgan fingerprint density at radius 3 is 1.90 bits per heavy atom. The van der Waals surface area contributed by atoms with Crippen molar-refractivity contribution < 1.29 is 14.3 Å². The fourth-order valence-corrected chi connectivity index (χ4v) is 7.42. The lowest BCUT2D eigenvalue weighted by molar-refractivity contribution is 0.0299. The van der Waals surface area contributed by atoms with Crippen molar-refractivity contribution in [3.05, 3.63) is 54.1 Å². The predicted octanol–water partition coefficient (Wildman–Crippen LogP) is 5.09. The van der Waals surface area contributed by atoms with Crippen molar-refractivity contribution in [2.75, 3.05) is 59.7 Å². The molecule has 5 heterocycles. The molecule has 1 aromatic heterocycles. The van der Waals surface area contributed by atoms with Crippen LogP contribution in [0.15, 0.2) is 48.5 Å². The van der Waals surface area contributed by atoms with Gasteiger partial charge in [-0.3, -0.25) is 9.69 Å². The second-order valence-corrected chi connectivity index (χ2v) is 14.0. The van der Waals surface area contributed by atoms with Gasteiger partial charge in [0, 0.05) is 79.9 Å². The first-order valence-electron chi connectivity index (χ1n) is 17.5. The average molecular weight is 654 g/mol. The van der Waals surface area contributed by atoms with Crippen LogP contribution in [0.25, 0.3) is 11.4 Å². The molecule has 2 bridgehead atoms. The molecule has 254 valence electrons. The molecular formula is C36H47N9O3. The maximum Gasteiger partial charge on any atom is 0.323 e. The van der Waals surface area contributed by atoms with Crippen molar-refractivity contribution in [3.8, 4) is 11.4 Å². The quantitative estimate of drug-likeness (QED) is 0.359. The van der Waals surface area contributed by atoms with Crippen LogP contribution in [0.4, 0.5) is 28.1 Å². The van der Waals surface area contributed by atoms with Gasteiger partial charge >= 0.3 is 6.03 Å². The van der Waals surface area contributed by atoms with Gasteiger partial charge < -0.3 is 30.1 Å². The third-order valence-corrected chi connectivity index (χ3v) is 10.2. The van der Waals surface area contributed by atoms with E-state index in [4.69, 9.17) is 19.7 Å². The number of nitrogens with one attached hydrogen (secondary N) is 2. The Morgan fingerprint density at radius 1 is 0.750 bits per heavy atom. The Kier molecular flexibility index (Phi) is 9.19. The summed E-state index contributed by atoms with van der Waals surface area (Å²) in [5, 5.41) is 5.77. The first-order chi connectivity index (χ1) is 23.2. The lowest BCUT2D eigenvalue weighted by Gasteiger charge is -2.37. The third-order valence-electron chi connectivity index (χ3n) is 10.2. The van der Waals surface area contributed by atoms with E-state index in [2.05, 4.69) is 53.0 Å². The largest absolute Gasteiger partial charge is 0.371 e. The molecule has 4 unspecified atom stereocenters. The highest BCUT2D eigenvalue weighted by atomic mass is 16.5. The van der Waals surface area contributed by atoms with E-state index in [1.807, 2.05) is 29.2 Å². The van der Waals surface area contributed by atoms with E-state index in [0.29, 0.717) is 52.8 Å². The minimum atomic E-state index is -0.365. The van der Waals surface area contributed by atoms with E-state index in [-0.39, 0.29) is 24.1 Å². The highest BCUT2D eigenvalue weighted by Gasteiger charge is 2.36. The van der Waals surface area contributed by atoms with Crippen LogP contribution in [0.3, 0.4) is 0 Å². The summed E-state index contributed by atoms with van der Waals surface area (Å²) in [6.45, 7) is 13.6. The van der Waals surface area contributed by atoms with Crippen LogP contribution < -0.4 is 20.4 Å². The molecule has 12 heteroatoms. The maximum absolute atomic E-state index is 13.0. The van der Waals surface area contributed by atoms with Gasteiger partial charge in [-0.05, 0) is 102 Å². The number of piperazine rings is 1. The third kappa shape index (κ3) is 6.95. The molecule has 3 aromatic rings. The SMILES string of the molecule is CC(C)N1CCN(C(=O)c2ccc(NC(=O)Nc3ccc(-c4nc(N5CC6CCC(C5)O6)nc(N5C(C)CCC5C)n4)cc3)cc2)CC1. The van der Waals surface area contributed by atoms with Crippen LogP contribution in [0.1, 0.15) is 63.7 Å². The van der Waals surface area contributed by atoms with Gasteiger partial charge in [0.05, 0.1) is 12.2 Å². The summed E-state index contributed by atoms with van der Waals surface area (Å²) in [5.41, 5.74) is 2.73. The summed E-state index contributed by atoms with van der Waals surface area (Å²) in [5.74, 6) is 2.06. The van der Waals surface area contributed by atoms with Crippen molar-refractivity contribution in [1.29, 1.82) is 0 Å². The number of hydrogen-bond acceptors (Lipinski definition) is 9. The summed E-state index contributed by atoms with van der Waals surface area (Å²) >= 11 is 0. The van der Waals surface area contributed by atoms with E-state index in [9.17, 15) is 9.59 Å². The zero-order valence-electron chi connectivity index (χ0n) is 28.4. The number of anilines is 4. The topological polar surface area (TPSA) is 119 Å². The van der Waals surface area contributed by atoms with Crippen LogP contribution in [0, 0.1) is 0 Å². The van der Waals surface area contributed by atoms with Crippen LogP contribution in [0.5, 0.6) is 0 Å². The van der Waals surface area contributed by atoms with Gasteiger partial charge in [-0.25, -0.2) is 4.79 Å². The van der Waals surface area contributed by atoms with Gasteiger partial charge in [-0.1, -0.05) is 0 Å². The molecule has 4 aliphatic heterocycles. The van der Waals surface area contributed by atoms with E-state index < -0.39 is 0 Å². The lowest BCUT2D eigenvalue weighted by atomic mass is 10.1. The number of ether oxygens (including phenoxy) is 1. The van der Waals surface area contributed by atoms with Crippen molar-refractivity contribution >= 4 is 35.2 Å². The minimum absolute atomic E-state index is 0.0217. The number of urea groups is 1. The second kappa shape index (κ2) is 13.7. The Balaban J connectivity index is 1.00. The molecule has 0 aliphatic carbocycles. The van der Waals surface area contributed by atoms with Gasteiger partial charge in [-0.15, -0.1) is 0 Å². The molecule has 4 aliphatic rings. The molecule has 48 heavy (non-hydrogen) atoms. The number of carbonyl (C=O) groups is 2. The summed E-state index contributed by atoms with van der Waals surface area (Å²) in [7, 11) is 0. The Hall–Kier alpha value is -4.29. The summed E-state index contributed by atoms with van der Waals surface area (Å²) in [4.78, 5) is 49.6. The predicted molar refractivity (Wildman–Crippen MR) is 188 cm³/mol. The van der Waals surface area contributed by atoms with Gasteiger partial charge in [0.15, 0.2) is 5.82 Å². The van der Waals surface area contributed by atoms with Crippen molar-refractivity contribution in [1.82, 2.24) is 24.8 Å². The van der Waals surface area contributed by atoms with Gasteiger partial charge in [0.25, 0.3) is 5.91 Å². The minimum Gasteiger partial charge on any atom is -0.371 e. The number of benzene rings is 2. The normalized spacial score (nSPS) is 24.3. The lowest BCUT2D eigenvalue weighted by Crippen LogP contribution is -2.50. The zero-order valence-corrected chi connectivity index (χ0v) is 28.4. The highest BCUT2D eigenvalue weighted by Crippen LogP contribution is 2.33. The van der Waals surface area contributed by atoms with Gasteiger partial charge in [-0.2, -0.15) is 15.0 Å².